The second-order valence-corrected chi connectivity index (χ2v) is 4.22. The number of rotatable bonds is 3. The molecule has 94 valence electrons. The van der Waals surface area contributed by atoms with E-state index in [2.05, 4.69) is 5.10 Å². The standard InChI is InChI=1S/C12H9ClF2N2O/c1-7-9(13)5-17(16-7)6-12(18)8-2-3-10(14)11(15)4-8/h2-5H,6H2,1H3. The van der Waals surface area contributed by atoms with Crippen LogP contribution in [-0.4, -0.2) is 15.6 Å². The smallest absolute Gasteiger partial charge is 0.184 e. The molecule has 1 aromatic carbocycles. The molecular weight excluding hydrogens is 262 g/mol. The van der Waals surface area contributed by atoms with Gasteiger partial charge in [0.05, 0.1) is 10.7 Å². The van der Waals surface area contributed by atoms with Crippen LogP contribution in [0.4, 0.5) is 8.78 Å². The van der Waals surface area contributed by atoms with E-state index >= 15 is 0 Å². The number of hydrogen-bond acceptors (Lipinski definition) is 2. The highest BCUT2D eigenvalue weighted by Gasteiger charge is 2.12. The normalized spacial score (nSPS) is 10.7. The topological polar surface area (TPSA) is 34.9 Å². The predicted octanol–water partition coefficient (Wildman–Crippen LogP) is 3.01. The van der Waals surface area contributed by atoms with Gasteiger partial charge in [-0.3, -0.25) is 9.48 Å². The molecule has 18 heavy (non-hydrogen) atoms. The molecule has 0 radical (unpaired) electrons. The summed E-state index contributed by atoms with van der Waals surface area (Å²) in [6, 6.07) is 3.03. The zero-order valence-corrected chi connectivity index (χ0v) is 10.2. The number of carbonyl (C=O) groups is 1. The molecule has 0 saturated carbocycles. The second kappa shape index (κ2) is 4.86. The molecule has 0 amide bonds. The summed E-state index contributed by atoms with van der Waals surface area (Å²) < 4.78 is 27.1. The Bertz CT molecular complexity index is 591. The Morgan fingerprint density at radius 2 is 2.11 bits per heavy atom. The summed E-state index contributed by atoms with van der Waals surface area (Å²) in [5.74, 6) is -2.40. The molecule has 2 aromatic rings. The Labute approximate surface area is 107 Å². The van der Waals surface area contributed by atoms with Crippen molar-refractivity contribution in [1.29, 1.82) is 0 Å². The fraction of sp³-hybridized carbons (Fsp3) is 0.167. The molecule has 0 aliphatic carbocycles. The Balaban J connectivity index is 2.19. The maximum Gasteiger partial charge on any atom is 0.184 e. The van der Waals surface area contributed by atoms with E-state index in [0.29, 0.717) is 10.7 Å². The number of aryl methyl sites for hydroxylation is 1. The number of halogens is 3. The first-order valence-electron chi connectivity index (χ1n) is 5.15. The van der Waals surface area contributed by atoms with Gasteiger partial charge in [-0.15, -0.1) is 0 Å². The number of hydrogen-bond donors (Lipinski definition) is 0. The second-order valence-electron chi connectivity index (χ2n) is 3.81. The molecule has 6 heteroatoms. The Hall–Kier alpha value is -1.75. The van der Waals surface area contributed by atoms with Gasteiger partial charge in [0, 0.05) is 11.8 Å². The van der Waals surface area contributed by atoms with Crippen LogP contribution in [0.15, 0.2) is 24.4 Å². The number of benzene rings is 1. The van der Waals surface area contributed by atoms with E-state index in [1.165, 1.54) is 16.9 Å². The van der Waals surface area contributed by atoms with Crippen molar-refractivity contribution in [3.05, 3.63) is 52.3 Å². The molecule has 0 bridgehead atoms. The van der Waals surface area contributed by atoms with Gasteiger partial charge in [-0.05, 0) is 25.1 Å². The minimum atomic E-state index is -1.05. The third kappa shape index (κ3) is 2.56. The molecule has 0 spiro atoms. The van der Waals surface area contributed by atoms with Crippen molar-refractivity contribution in [1.82, 2.24) is 9.78 Å². The van der Waals surface area contributed by atoms with Crippen molar-refractivity contribution >= 4 is 17.4 Å². The first-order valence-corrected chi connectivity index (χ1v) is 5.53. The first-order chi connectivity index (χ1) is 8.47. The Kier molecular flexibility index (Phi) is 3.43. The molecule has 0 fully saturated rings. The van der Waals surface area contributed by atoms with E-state index in [1.54, 1.807) is 6.92 Å². The van der Waals surface area contributed by atoms with Gasteiger partial charge in [0.15, 0.2) is 17.4 Å². The van der Waals surface area contributed by atoms with Crippen molar-refractivity contribution in [2.75, 3.05) is 0 Å². The van der Waals surface area contributed by atoms with Crippen molar-refractivity contribution in [3.8, 4) is 0 Å². The average Bonchev–Trinajstić information content (AvgIpc) is 2.61. The summed E-state index contributed by atoms with van der Waals surface area (Å²) in [5, 5.41) is 4.46. The molecule has 0 aliphatic heterocycles. The van der Waals surface area contributed by atoms with Crippen LogP contribution >= 0.6 is 11.6 Å². The third-order valence-corrected chi connectivity index (χ3v) is 2.80. The van der Waals surface area contributed by atoms with Crippen molar-refractivity contribution in [3.63, 3.8) is 0 Å². The average molecular weight is 271 g/mol. The third-order valence-electron chi connectivity index (χ3n) is 2.43. The zero-order valence-electron chi connectivity index (χ0n) is 9.45. The molecule has 2 rings (SSSR count). The van der Waals surface area contributed by atoms with Gasteiger partial charge in [0.1, 0.15) is 6.54 Å². The molecule has 0 atom stereocenters. The lowest BCUT2D eigenvalue weighted by atomic mass is 10.1. The van der Waals surface area contributed by atoms with Crippen LogP contribution < -0.4 is 0 Å². The lowest BCUT2D eigenvalue weighted by Gasteiger charge is -2.02. The van der Waals surface area contributed by atoms with Gasteiger partial charge in [0.2, 0.25) is 0 Å². The van der Waals surface area contributed by atoms with E-state index in [-0.39, 0.29) is 17.9 Å². The monoisotopic (exact) mass is 270 g/mol. The fourth-order valence-electron chi connectivity index (χ4n) is 1.48. The zero-order chi connectivity index (χ0) is 13.3. The highest BCUT2D eigenvalue weighted by molar-refractivity contribution is 6.31. The lowest BCUT2D eigenvalue weighted by Crippen LogP contribution is -2.11. The quantitative estimate of drug-likeness (QED) is 0.804. The van der Waals surface area contributed by atoms with Crippen LogP contribution in [-0.2, 0) is 6.54 Å². The minimum Gasteiger partial charge on any atom is -0.292 e. The molecule has 0 unspecified atom stereocenters. The van der Waals surface area contributed by atoms with Crippen LogP contribution in [0.2, 0.25) is 5.02 Å². The number of Topliss-reactive ketones (excluding diaryl/α,β-unsaturated/α-hetero) is 1. The van der Waals surface area contributed by atoms with E-state index in [4.69, 9.17) is 11.6 Å². The van der Waals surface area contributed by atoms with E-state index < -0.39 is 11.6 Å². The fourth-order valence-corrected chi connectivity index (χ4v) is 1.63. The number of ketones is 1. The lowest BCUT2D eigenvalue weighted by molar-refractivity contribution is 0.0967. The molecular formula is C12H9ClF2N2O. The summed E-state index contributed by atoms with van der Waals surface area (Å²) in [6.07, 6.45) is 1.51. The summed E-state index contributed by atoms with van der Waals surface area (Å²) in [7, 11) is 0. The summed E-state index contributed by atoms with van der Waals surface area (Å²) in [4.78, 5) is 11.8. The molecule has 3 nitrogen and oxygen atoms in total. The van der Waals surface area contributed by atoms with Crippen molar-refractivity contribution in [2.45, 2.75) is 13.5 Å². The highest BCUT2D eigenvalue weighted by Crippen LogP contribution is 2.14. The van der Waals surface area contributed by atoms with Crippen molar-refractivity contribution in [2.24, 2.45) is 0 Å². The summed E-state index contributed by atoms with van der Waals surface area (Å²) >= 11 is 5.80. The Morgan fingerprint density at radius 3 is 2.67 bits per heavy atom. The molecule has 1 heterocycles. The molecule has 0 aliphatic rings. The summed E-state index contributed by atoms with van der Waals surface area (Å²) in [5.41, 5.74) is 0.702. The maximum atomic E-state index is 13.0. The van der Waals surface area contributed by atoms with Crippen LogP contribution in [0.5, 0.6) is 0 Å². The van der Waals surface area contributed by atoms with Gasteiger partial charge in [0.25, 0.3) is 0 Å². The van der Waals surface area contributed by atoms with Crippen LogP contribution in [0.25, 0.3) is 0 Å². The van der Waals surface area contributed by atoms with Crippen LogP contribution in [0, 0.1) is 18.6 Å². The largest absolute Gasteiger partial charge is 0.292 e. The number of nitrogens with zero attached hydrogens (tertiary/aromatic N) is 2. The van der Waals surface area contributed by atoms with E-state index in [0.717, 1.165) is 12.1 Å². The predicted molar refractivity (Wildman–Crippen MR) is 62.7 cm³/mol. The van der Waals surface area contributed by atoms with E-state index in [9.17, 15) is 13.6 Å². The Morgan fingerprint density at radius 1 is 1.39 bits per heavy atom. The van der Waals surface area contributed by atoms with Gasteiger partial charge in [-0.25, -0.2) is 8.78 Å². The minimum absolute atomic E-state index is 0.0708. The molecule has 0 N–H and O–H groups in total. The van der Waals surface area contributed by atoms with Gasteiger partial charge in [-0.1, -0.05) is 11.6 Å². The number of aromatic nitrogens is 2. The summed E-state index contributed by atoms with van der Waals surface area (Å²) in [6.45, 7) is 1.64. The first kappa shape index (κ1) is 12.7. The van der Waals surface area contributed by atoms with Crippen LogP contribution in [0.1, 0.15) is 16.1 Å². The highest BCUT2D eigenvalue weighted by atomic mass is 35.5. The van der Waals surface area contributed by atoms with Gasteiger partial charge in [-0.2, -0.15) is 5.10 Å². The van der Waals surface area contributed by atoms with Crippen LogP contribution in [0.3, 0.4) is 0 Å². The van der Waals surface area contributed by atoms with Gasteiger partial charge >= 0.3 is 0 Å². The maximum absolute atomic E-state index is 13.0. The van der Waals surface area contributed by atoms with Crippen molar-refractivity contribution < 1.29 is 13.6 Å². The van der Waals surface area contributed by atoms with E-state index in [1.807, 2.05) is 0 Å². The van der Waals surface area contributed by atoms with Gasteiger partial charge < -0.3 is 0 Å². The molecule has 1 aromatic heterocycles. The molecule has 0 saturated heterocycles. The SMILES string of the molecule is Cc1nn(CC(=O)c2ccc(F)c(F)c2)cc1Cl. The number of carbonyl (C=O) groups excluding carboxylic acids is 1.